The van der Waals surface area contributed by atoms with Crippen molar-refractivity contribution in [2.75, 3.05) is 0 Å². The van der Waals surface area contributed by atoms with E-state index in [1.807, 2.05) is 6.92 Å². The lowest BCUT2D eigenvalue weighted by Crippen LogP contribution is -1.97. The smallest absolute Gasteiger partial charge is 0.353 e. The molecule has 2 rings (SSSR count). The van der Waals surface area contributed by atoms with E-state index in [9.17, 15) is 9.18 Å². The second kappa shape index (κ2) is 4.37. The molecule has 0 fully saturated rings. The van der Waals surface area contributed by atoms with Gasteiger partial charge >= 0.3 is 5.97 Å². The van der Waals surface area contributed by atoms with Gasteiger partial charge in [-0.2, -0.15) is 0 Å². The van der Waals surface area contributed by atoms with Gasteiger partial charge in [0, 0.05) is 0 Å². The Morgan fingerprint density at radius 2 is 2.29 bits per heavy atom. The Hall–Kier alpha value is -2.17. The van der Waals surface area contributed by atoms with Crippen LogP contribution in [-0.2, 0) is 6.42 Å². The van der Waals surface area contributed by atoms with E-state index in [1.54, 1.807) is 12.1 Å². The van der Waals surface area contributed by atoms with Crippen molar-refractivity contribution in [2.45, 2.75) is 13.3 Å². The number of halogens is 1. The largest absolute Gasteiger partial charge is 0.477 e. The molecule has 0 saturated heterocycles. The van der Waals surface area contributed by atoms with Crippen LogP contribution in [0.2, 0.25) is 0 Å². The molecule has 0 radical (unpaired) electrons. The second-order valence-corrected chi connectivity index (χ2v) is 3.58. The molecular formula is C12H11FN2O2. The fourth-order valence-electron chi connectivity index (χ4n) is 1.69. The highest BCUT2D eigenvalue weighted by Gasteiger charge is 2.14. The number of carbonyl (C=O) groups is 1. The van der Waals surface area contributed by atoms with E-state index in [2.05, 4.69) is 9.97 Å². The summed E-state index contributed by atoms with van der Waals surface area (Å²) in [6.45, 7) is 1.90. The first-order valence-corrected chi connectivity index (χ1v) is 5.19. The minimum Gasteiger partial charge on any atom is -0.477 e. The third kappa shape index (κ3) is 2.04. The minimum atomic E-state index is -1.11. The fourth-order valence-corrected chi connectivity index (χ4v) is 1.69. The third-order valence-corrected chi connectivity index (χ3v) is 2.52. The summed E-state index contributed by atoms with van der Waals surface area (Å²) in [5.41, 5.74) is 1.07. The van der Waals surface area contributed by atoms with Gasteiger partial charge in [-0.1, -0.05) is 19.1 Å². The summed E-state index contributed by atoms with van der Waals surface area (Å²) in [6.07, 6.45) is 1.83. The quantitative estimate of drug-likeness (QED) is 0.857. The van der Waals surface area contributed by atoms with Gasteiger partial charge in [0.2, 0.25) is 0 Å². The summed E-state index contributed by atoms with van der Waals surface area (Å²) in [5.74, 6) is -1.27. The number of aromatic carboxylic acids is 1. The zero-order chi connectivity index (χ0) is 12.4. The molecule has 4 nitrogen and oxygen atoms in total. The molecule has 88 valence electrons. The summed E-state index contributed by atoms with van der Waals surface area (Å²) in [7, 11) is 0. The predicted molar refractivity (Wildman–Crippen MR) is 60.3 cm³/mol. The molecule has 1 aromatic heterocycles. The van der Waals surface area contributed by atoms with Crippen LogP contribution in [-0.4, -0.2) is 21.0 Å². The first-order valence-electron chi connectivity index (χ1n) is 5.19. The Kier molecular flexibility index (Phi) is 2.91. The number of hydrogen-bond donors (Lipinski definition) is 2. The molecule has 1 aromatic carbocycles. The van der Waals surface area contributed by atoms with Crippen LogP contribution in [0.25, 0.3) is 11.4 Å². The Balaban J connectivity index is 2.55. The molecular weight excluding hydrogens is 223 g/mol. The average molecular weight is 234 g/mol. The summed E-state index contributed by atoms with van der Waals surface area (Å²) < 4.78 is 13.7. The van der Waals surface area contributed by atoms with E-state index in [-0.39, 0.29) is 11.5 Å². The van der Waals surface area contributed by atoms with Crippen LogP contribution < -0.4 is 0 Å². The highest BCUT2D eigenvalue weighted by molar-refractivity contribution is 5.86. The van der Waals surface area contributed by atoms with Crippen LogP contribution in [0.5, 0.6) is 0 Å². The van der Waals surface area contributed by atoms with Crippen LogP contribution in [0.1, 0.15) is 23.0 Å². The SMILES string of the molecule is CCc1cccc(F)c1-c1ncc(C(=O)O)[nH]1. The van der Waals surface area contributed by atoms with E-state index in [0.29, 0.717) is 12.0 Å². The van der Waals surface area contributed by atoms with Crippen LogP contribution in [0.3, 0.4) is 0 Å². The molecule has 0 saturated carbocycles. The summed E-state index contributed by atoms with van der Waals surface area (Å²) in [5, 5.41) is 8.78. The first kappa shape index (κ1) is 11.3. The molecule has 0 aliphatic heterocycles. The van der Waals surface area contributed by atoms with E-state index < -0.39 is 11.8 Å². The molecule has 0 unspecified atom stereocenters. The number of aromatic amines is 1. The van der Waals surface area contributed by atoms with Gasteiger partial charge in [0.05, 0.1) is 11.8 Å². The van der Waals surface area contributed by atoms with Gasteiger partial charge in [-0.3, -0.25) is 0 Å². The molecule has 5 heteroatoms. The number of aromatic nitrogens is 2. The molecule has 1 heterocycles. The lowest BCUT2D eigenvalue weighted by Gasteiger charge is -2.05. The number of benzene rings is 1. The molecule has 2 aromatic rings. The van der Waals surface area contributed by atoms with E-state index in [4.69, 9.17) is 5.11 Å². The Labute approximate surface area is 97.1 Å². The molecule has 0 spiro atoms. The van der Waals surface area contributed by atoms with Crippen LogP contribution in [0, 0.1) is 5.82 Å². The van der Waals surface area contributed by atoms with Crippen LogP contribution >= 0.6 is 0 Å². The maximum atomic E-state index is 13.7. The van der Waals surface area contributed by atoms with Crippen molar-refractivity contribution < 1.29 is 14.3 Å². The molecule has 0 aliphatic rings. The maximum Gasteiger partial charge on any atom is 0.353 e. The topological polar surface area (TPSA) is 66.0 Å². The van der Waals surface area contributed by atoms with Crippen LogP contribution in [0.4, 0.5) is 4.39 Å². The Morgan fingerprint density at radius 1 is 1.53 bits per heavy atom. The predicted octanol–water partition coefficient (Wildman–Crippen LogP) is 2.48. The van der Waals surface area contributed by atoms with Crippen molar-refractivity contribution in [3.8, 4) is 11.4 Å². The number of aryl methyl sites for hydroxylation is 1. The number of hydrogen-bond acceptors (Lipinski definition) is 2. The zero-order valence-electron chi connectivity index (χ0n) is 9.20. The molecule has 0 bridgehead atoms. The van der Waals surface area contributed by atoms with Crippen molar-refractivity contribution in [3.63, 3.8) is 0 Å². The monoisotopic (exact) mass is 234 g/mol. The van der Waals surface area contributed by atoms with E-state index in [1.165, 1.54) is 12.3 Å². The lowest BCUT2D eigenvalue weighted by molar-refractivity contribution is 0.0691. The molecule has 0 atom stereocenters. The lowest BCUT2D eigenvalue weighted by atomic mass is 10.0. The molecule has 17 heavy (non-hydrogen) atoms. The number of nitrogens with one attached hydrogen (secondary N) is 1. The minimum absolute atomic E-state index is 0.0506. The Bertz CT molecular complexity index is 563. The molecule has 2 N–H and O–H groups in total. The highest BCUT2D eigenvalue weighted by atomic mass is 19.1. The molecule has 0 amide bonds. The number of carboxylic acid groups (broad SMARTS) is 1. The summed E-state index contributed by atoms with van der Waals surface area (Å²) in [4.78, 5) is 17.2. The van der Waals surface area contributed by atoms with Gasteiger partial charge in [0.1, 0.15) is 17.3 Å². The maximum absolute atomic E-state index is 13.7. The second-order valence-electron chi connectivity index (χ2n) is 3.58. The average Bonchev–Trinajstić information content (AvgIpc) is 2.77. The standard InChI is InChI=1S/C12H11FN2O2/c1-2-7-4-3-5-8(13)10(7)11-14-6-9(15-11)12(16)17/h3-6H,2H2,1H3,(H,14,15)(H,16,17). The van der Waals surface area contributed by atoms with Crippen molar-refractivity contribution in [1.82, 2.24) is 9.97 Å². The number of imidazole rings is 1. The third-order valence-electron chi connectivity index (χ3n) is 2.52. The van der Waals surface area contributed by atoms with Gasteiger partial charge in [0.15, 0.2) is 0 Å². The van der Waals surface area contributed by atoms with Gasteiger partial charge in [-0.15, -0.1) is 0 Å². The zero-order valence-corrected chi connectivity index (χ0v) is 9.20. The van der Waals surface area contributed by atoms with Crippen molar-refractivity contribution >= 4 is 5.97 Å². The van der Waals surface area contributed by atoms with Gasteiger partial charge in [-0.05, 0) is 18.1 Å². The van der Waals surface area contributed by atoms with Crippen molar-refractivity contribution in [1.29, 1.82) is 0 Å². The fraction of sp³-hybridized carbons (Fsp3) is 0.167. The van der Waals surface area contributed by atoms with Crippen LogP contribution in [0.15, 0.2) is 24.4 Å². The van der Waals surface area contributed by atoms with Crippen molar-refractivity contribution in [3.05, 3.63) is 41.5 Å². The number of H-pyrrole nitrogens is 1. The highest BCUT2D eigenvalue weighted by Crippen LogP contribution is 2.24. The number of carboxylic acids is 1. The summed E-state index contributed by atoms with van der Waals surface area (Å²) >= 11 is 0. The normalized spacial score (nSPS) is 10.5. The van der Waals surface area contributed by atoms with Gasteiger partial charge in [-0.25, -0.2) is 14.2 Å². The summed E-state index contributed by atoms with van der Waals surface area (Å²) in [6, 6.07) is 4.75. The van der Waals surface area contributed by atoms with Gasteiger partial charge in [0.25, 0.3) is 0 Å². The first-order chi connectivity index (χ1) is 8.13. The number of rotatable bonds is 3. The Morgan fingerprint density at radius 3 is 2.88 bits per heavy atom. The number of nitrogens with zero attached hydrogens (tertiary/aromatic N) is 1. The molecule has 0 aliphatic carbocycles. The van der Waals surface area contributed by atoms with E-state index in [0.717, 1.165) is 5.56 Å². The van der Waals surface area contributed by atoms with Gasteiger partial charge < -0.3 is 10.1 Å². The van der Waals surface area contributed by atoms with Crippen molar-refractivity contribution in [2.24, 2.45) is 0 Å². The van der Waals surface area contributed by atoms with E-state index >= 15 is 0 Å².